The van der Waals surface area contributed by atoms with E-state index in [4.69, 9.17) is 9.15 Å². The lowest BCUT2D eigenvalue weighted by molar-refractivity contribution is -0.153. The third-order valence-corrected chi connectivity index (χ3v) is 5.06. The molecule has 0 amide bonds. The summed E-state index contributed by atoms with van der Waals surface area (Å²) in [4.78, 5) is 24.0. The molecule has 152 valence electrons. The summed E-state index contributed by atoms with van der Waals surface area (Å²) in [6.45, 7) is 3.08. The van der Waals surface area contributed by atoms with Crippen molar-refractivity contribution >= 4 is 11.8 Å². The number of aromatic nitrogens is 3. The maximum Gasteiger partial charge on any atom is 0.408 e. The highest BCUT2D eigenvalue weighted by atomic mass is 19.4. The van der Waals surface area contributed by atoms with Gasteiger partial charge in [0.05, 0.1) is 32.0 Å². The van der Waals surface area contributed by atoms with E-state index in [0.717, 1.165) is 4.90 Å². The van der Waals surface area contributed by atoms with Crippen LogP contribution < -0.4 is 15.4 Å². The van der Waals surface area contributed by atoms with Crippen molar-refractivity contribution in [1.82, 2.24) is 14.5 Å². The number of oxazole rings is 1. The van der Waals surface area contributed by atoms with Gasteiger partial charge in [-0.1, -0.05) is 0 Å². The SMILES string of the molecule is C[C@@H]1COCCN1c1cc(=O)n2c(n1)N(Cc1ncco1)[C@H](C(F)(F)F)CC2. The zero-order chi connectivity index (χ0) is 19.9. The van der Waals surface area contributed by atoms with E-state index in [-0.39, 0.29) is 43.0 Å². The van der Waals surface area contributed by atoms with Crippen LogP contribution in [0.15, 0.2) is 27.7 Å². The summed E-state index contributed by atoms with van der Waals surface area (Å²) in [6, 6.07) is -0.433. The molecule has 2 aromatic heterocycles. The van der Waals surface area contributed by atoms with Crippen molar-refractivity contribution < 1.29 is 22.3 Å². The van der Waals surface area contributed by atoms with Crippen LogP contribution in [0.5, 0.6) is 0 Å². The van der Waals surface area contributed by atoms with Crippen LogP contribution >= 0.6 is 0 Å². The van der Waals surface area contributed by atoms with Crippen LogP contribution in [0.4, 0.5) is 24.9 Å². The molecule has 2 aromatic rings. The summed E-state index contributed by atoms with van der Waals surface area (Å²) in [5.74, 6) is 0.460. The van der Waals surface area contributed by atoms with E-state index in [1.54, 1.807) is 0 Å². The summed E-state index contributed by atoms with van der Waals surface area (Å²) >= 11 is 0. The molecule has 4 heterocycles. The van der Waals surface area contributed by atoms with Crippen LogP contribution in [0.3, 0.4) is 0 Å². The molecule has 0 saturated carbocycles. The minimum Gasteiger partial charge on any atom is -0.447 e. The first kappa shape index (κ1) is 18.8. The Morgan fingerprint density at radius 3 is 2.82 bits per heavy atom. The van der Waals surface area contributed by atoms with Crippen molar-refractivity contribution in [2.75, 3.05) is 29.6 Å². The molecule has 0 aromatic carbocycles. The number of rotatable bonds is 3. The third-order valence-electron chi connectivity index (χ3n) is 5.06. The highest BCUT2D eigenvalue weighted by molar-refractivity contribution is 5.47. The van der Waals surface area contributed by atoms with Crippen molar-refractivity contribution in [2.45, 2.75) is 44.7 Å². The molecule has 0 N–H and O–H groups in total. The number of halogens is 3. The van der Waals surface area contributed by atoms with Gasteiger partial charge in [0.25, 0.3) is 5.56 Å². The van der Waals surface area contributed by atoms with Gasteiger partial charge in [0.15, 0.2) is 0 Å². The zero-order valence-corrected chi connectivity index (χ0v) is 15.2. The standard InChI is InChI=1S/C17H20F3N5O3/c1-11-10-27-7-5-23(11)13-8-15(26)24-4-2-12(17(18,19)20)25(16(24)22-13)9-14-21-3-6-28-14/h3,6,8,11-12H,2,4-5,7,9-10H2,1H3/t11-,12+/m1/s1. The first-order valence-electron chi connectivity index (χ1n) is 9.02. The van der Waals surface area contributed by atoms with Crippen molar-refractivity contribution in [3.05, 3.63) is 34.8 Å². The molecule has 1 saturated heterocycles. The van der Waals surface area contributed by atoms with Gasteiger partial charge in [0.1, 0.15) is 18.1 Å². The van der Waals surface area contributed by atoms with Gasteiger partial charge in [-0.15, -0.1) is 0 Å². The average Bonchev–Trinajstić information content (AvgIpc) is 3.14. The van der Waals surface area contributed by atoms with Gasteiger partial charge in [-0.25, -0.2) is 4.98 Å². The fourth-order valence-electron chi connectivity index (χ4n) is 3.67. The minimum absolute atomic E-state index is 0.0204. The van der Waals surface area contributed by atoms with Gasteiger partial charge in [0, 0.05) is 19.2 Å². The highest BCUT2D eigenvalue weighted by Crippen LogP contribution is 2.35. The number of morpholine rings is 1. The molecule has 28 heavy (non-hydrogen) atoms. The Morgan fingerprint density at radius 2 is 2.14 bits per heavy atom. The van der Waals surface area contributed by atoms with E-state index >= 15 is 0 Å². The largest absolute Gasteiger partial charge is 0.447 e. The topological polar surface area (TPSA) is 76.6 Å². The molecular formula is C17H20F3N5O3. The van der Waals surface area contributed by atoms with Gasteiger partial charge in [-0.05, 0) is 13.3 Å². The predicted molar refractivity (Wildman–Crippen MR) is 93.3 cm³/mol. The summed E-state index contributed by atoms with van der Waals surface area (Å²) in [7, 11) is 0. The Bertz CT molecular complexity index is 883. The first-order chi connectivity index (χ1) is 13.3. The molecular weight excluding hydrogens is 379 g/mol. The molecule has 1 fully saturated rings. The number of ether oxygens (including phenoxy) is 1. The van der Waals surface area contributed by atoms with Crippen LogP contribution in [0.2, 0.25) is 0 Å². The fourth-order valence-corrected chi connectivity index (χ4v) is 3.67. The van der Waals surface area contributed by atoms with E-state index in [1.807, 2.05) is 11.8 Å². The van der Waals surface area contributed by atoms with Crippen LogP contribution in [0.1, 0.15) is 19.2 Å². The molecule has 0 radical (unpaired) electrons. The van der Waals surface area contributed by atoms with Crippen molar-refractivity contribution in [3.8, 4) is 0 Å². The average molecular weight is 399 g/mol. The summed E-state index contributed by atoms with van der Waals surface area (Å²) in [6.07, 6.45) is -2.05. The smallest absolute Gasteiger partial charge is 0.408 e. The Balaban J connectivity index is 1.78. The van der Waals surface area contributed by atoms with Gasteiger partial charge >= 0.3 is 6.18 Å². The minimum atomic E-state index is -4.47. The number of fused-ring (bicyclic) bond motifs is 1. The first-order valence-corrected chi connectivity index (χ1v) is 9.02. The Morgan fingerprint density at radius 1 is 1.32 bits per heavy atom. The van der Waals surface area contributed by atoms with E-state index < -0.39 is 12.2 Å². The predicted octanol–water partition coefficient (Wildman–Crippen LogP) is 1.80. The van der Waals surface area contributed by atoms with Crippen molar-refractivity contribution in [2.24, 2.45) is 0 Å². The molecule has 2 atom stereocenters. The monoisotopic (exact) mass is 399 g/mol. The Kier molecular flexibility index (Phi) is 4.77. The van der Waals surface area contributed by atoms with E-state index in [1.165, 1.54) is 23.1 Å². The summed E-state index contributed by atoms with van der Waals surface area (Å²) in [5.41, 5.74) is -0.378. The molecule has 11 heteroatoms. The molecule has 8 nitrogen and oxygen atoms in total. The van der Waals surface area contributed by atoms with Crippen LogP contribution in [0.25, 0.3) is 0 Å². The van der Waals surface area contributed by atoms with E-state index in [0.29, 0.717) is 25.6 Å². The molecule has 2 aliphatic heterocycles. The lowest BCUT2D eigenvalue weighted by atomic mass is 10.1. The molecule has 0 spiro atoms. The Hall–Kier alpha value is -2.56. The maximum atomic E-state index is 13.7. The van der Waals surface area contributed by atoms with Gasteiger partial charge in [-0.2, -0.15) is 18.2 Å². The van der Waals surface area contributed by atoms with Gasteiger partial charge in [-0.3, -0.25) is 9.36 Å². The number of nitrogens with zero attached hydrogens (tertiary/aromatic N) is 5. The lowest BCUT2D eigenvalue weighted by Gasteiger charge is -2.39. The van der Waals surface area contributed by atoms with E-state index in [9.17, 15) is 18.0 Å². The summed E-state index contributed by atoms with van der Waals surface area (Å²) in [5, 5.41) is 0. The molecule has 2 aliphatic rings. The maximum absolute atomic E-state index is 13.7. The second-order valence-electron chi connectivity index (χ2n) is 6.92. The van der Waals surface area contributed by atoms with Crippen molar-refractivity contribution in [1.29, 1.82) is 0 Å². The lowest BCUT2D eigenvalue weighted by Crippen LogP contribution is -2.52. The number of hydrogen-bond donors (Lipinski definition) is 0. The second-order valence-corrected chi connectivity index (χ2v) is 6.92. The quantitative estimate of drug-likeness (QED) is 0.779. The molecule has 0 aliphatic carbocycles. The van der Waals surface area contributed by atoms with Gasteiger partial charge in [0.2, 0.25) is 11.8 Å². The number of alkyl halides is 3. The number of hydrogen-bond acceptors (Lipinski definition) is 7. The van der Waals surface area contributed by atoms with Crippen molar-refractivity contribution in [3.63, 3.8) is 0 Å². The Labute approximate surface area is 158 Å². The molecule has 4 rings (SSSR count). The van der Waals surface area contributed by atoms with Crippen LogP contribution in [0, 0.1) is 0 Å². The van der Waals surface area contributed by atoms with Gasteiger partial charge < -0.3 is 19.0 Å². The fraction of sp³-hybridized carbons (Fsp3) is 0.588. The highest BCUT2D eigenvalue weighted by Gasteiger charge is 2.47. The zero-order valence-electron chi connectivity index (χ0n) is 15.2. The number of anilines is 2. The molecule has 0 bridgehead atoms. The van der Waals surface area contributed by atoms with E-state index in [2.05, 4.69) is 9.97 Å². The van der Waals surface area contributed by atoms with Crippen LogP contribution in [-0.2, 0) is 17.8 Å². The summed E-state index contributed by atoms with van der Waals surface area (Å²) < 4.78 is 52.9. The normalized spacial score (nSPS) is 23.0. The second kappa shape index (κ2) is 7.12. The third kappa shape index (κ3) is 3.46. The molecule has 0 unspecified atom stereocenters. The van der Waals surface area contributed by atoms with Crippen LogP contribution in [-0.4, -0.2) is 52.6 Å².